The van der Waals surface area contributed by atoms with Crippen LogP contribution in [0.1, 0.15) is 23.5 Å². The van der Waals surface area contributed by atoms with Crippen LogP contribution < -0.4 is 5.32 Å². The third kappa shape index (κ3) is 24.4. The Kier molecular flexibility index (Phi) is 29.8. The number of benzene rings is 2. The van der Waals surface area contributed by atoms with E-state index in [-0.39, 0.29) is 12.5 Å². The van der Waals surface area contributed by atoms with Crippen molar-refractivity contribution in [2.45, 2.75) is 12.3 Å². The Morgan fingerprint density at radius 1 is 0.458 bits per heavy atom. The zero-order chi connectivity index (χ0) is 41.7. The van der Waals surface area contributed by atoms with Gasteiger partial charge in [0.1, 0.15) is 13.2 Å². The van der Waals surface area contributed by atoms with Crippen molar-refractivity contribution in [1.82, 2.24) is 5.32 Å². The number of carbonyl (C=O) groups excluding carboxylic acids is 2. The van der Waals surface area contributed by atoms with E-state index in [1.807, 2.05) is 24.3 Å². The summed E-state index contributed by atoms with van der Waals surface area (Å²) in [6, 6.07) is 16.5. The van der Waals surface area contributed by atoms with Crippen molar-refractivity contribution in [3.05, 3.63) is 72.3 Å². The second-order valence-corrected chi connectivity index (χ2v) is 12.7. The zero-order valence-corrected chi connectivity index (χ0v) is 34.5. The van der Waals surface area contributed by atoms with Crippen molar-refractivity contribution in [1.29, 1.82) is 0 Å². The lowest BCUT2D eigenvalue weighted by Gasteiger charge is -2.14. The number of hydrogen-bond donors (Lipinski definition) is 1. The first-order valence-electron chi connectivity index (χ1n) is 20.4. The molecule has 3 rings (SSSR count). The molecule has 0 bridgehead atoms. The average molecular weight is 836 g/mol. The molecule has 59 heavy (non-hydrogen) atoms. The third-order valence-corrected chi connectivity index (χ3v) is 8.44. The standard InChI is InChI=1S/C43H65NO15/c1-2-42(45)58-35-34-57-33-32-56-31-30-55-29-28-54-27-26-53-25-24-52-23-22-51-21-20-50-19-18-49-17-16-48-15-14-47-13-7-12-44-43(46)59-36-41-39-10-5-3-8-37(39)38-9-4-6-11-40(38)41/h2-6,8-11,41H,1,7,12-36H2,(H,44,46). The highest BCUT2D eigenvalue weighted by molar-refractivity contribution is 5.81. The second-order valence-electron chi connectivity index (χ2n) is 12.7. The molecular formula is C43H65NO15. The number of rotatable bonds is 40. The summed E-state index contributed by atoms with van der Waals surface area (Å²) in [6.07, 6.45) is 1.37. The average Bonchev–Trinajstić information content (AvgIpc) is 3.58. The fourth-order valence-electron chi connectivity index (χ4n) is 5.58. The first-order valence-corrected chi connectivity index (χ1v) is 20.4. The predicted octanol–water partition coefficient (Wildman–Crippen LogP) is 3.83. The molecule has 0 spiro atoms. The van der Waals surface area contributed by atoms with E-state index in [0.717, 1.165) is 6.08 Å². The molecule has 1 aliphatic rings. The monoisotopic (exact) mass is 835 g/mol. The van der Waals surface area contributed by atoms with Crippen molar-refractivity contribution in [3.63, 3.8) is 0 Å². The Labute approximate surface area is 348 Å². The second kappa shape index (κ2) is 35.3. The predicted molar refractivity (Wildman–Crippen MR) is 218 cm³/mol. The van der Waals surface area contributed by atoms with E-state index in [2.05, 4.69) is 36.2 Å². The maximum absolute atomic E-state index is 12.3. The number of amides is 1. The molecule has 1 N–H and O–H groups in total. The molecule has 16 nitrogen and oxygen atoms in total. The van der Waals surface area contributed by atoms with E-state index in [9.17, 15) is 9.59 Å². The van der Waals surface area contributed by atoms with Gasteiger partial charge < -0.3 is 66.9 Å². The van der Waals surface area contributed by atoms with Crippen LogP contribution >= 0.6 is 0 Å². The number of hydrogen-bond acceptors (Lipinski definition) is 15. The summed E-state index contributed by atoms with van der Waals surface area (Å²) in [5, 5.41) is 2.80. The third-order valence-electron chi connectivity index (χ3n) is 8.44. The normalized spacial score (nSPS) is 12.0. The molecule has 2 aromatic carbocycles. The number of nitrogens with one attached hydrogen (secondary N) is 1. The molecular weight excluding hydrogens is 770 g/mol. The van der Waals surface area contributed by atoms with Gasteiger partial charge in [-0.3, -0.25) is 0 Å². The summed E-state index contributed by atoms with van der Waals surface area (Å²) in [5.74, 6) is -0.419. The summed E-state index contributed by atoms with van der Waals surface area (Å²) >= 11 is 0. The highest BCUT2D eigenvalue weighted by atomic mass is 16.6. The quantitative estimate of drug-likeness (QED) is 0.0585. The highest BCUT2D eigenvalue weighted by Gasteiger charge is 2.29. The fourth-order valence-corrected chi connectivity index (χ4v) is 5.58. The lowest BCUT2D eigenvalue weighted by molar-refractivity contribution is -0.139. The number of fused-ring (bicyclic) bond motifs is 3. The minimum atomic E-state index is -0.463. The smallest absolute Gasteiger partial charge is 0.407 e. The first-order chi connectivity index (χ1) is 29.2. The van der Waals surface area contributed by atoms with Gasteiger partial charge in [-0.2, -0.15) is 0 Å². The fraction of sp³-hybridized carbons (Fsp3) is 0.628. The Morgan fingerprint density at radius 2 is 0.780 bits per heavy atom. The summed E-state index contributed by atoms with van der Waals surface area (Å²) < 4.78 is 70.5. The van der Waals surface area contributed by atoms with E-state index < -0.39 is 12.1 Å². The Morgan fingerprint density at radius 3 is 1.14 bits per heavy atom. The van der Waals surface area contributed by atoms with E-state index >= 15 is 0 Å². The van der Waals surface area contributed by atoms with Gasteiger partial charge in [0, 0.05) is 25.1 Å². The van der Waals surface area contributed by atoms with Crippen molar-refractivity contribution >= 4 is 12.1 Å². The molecule has 0 heterocycles. The van der Waals surface area contributed by atoms with E-state index in [1.165, 1.54) is 22.3 Å². The van der Waals surface area contributed by atoms with Gasteiger partial charge in [-0.1, -0.05) is 55.1 Å². The minimum absolute atomic E-state index is 0.0449. The van der Waals surface area contributed by atoms with Crippen molar-refractivity contribution in [2.24, 2.45) is 0 Å². The maximum Gasteiger partial charge on any atom is 0.407 e. The van der Waals surface area contributed by atoms with Gasteiger partial charge in [0.2, 0.25) is 0 Å². The Hall–Kier alpha value is -3.52. The van der Waals surface area contributed by atoms with Crippen molar-refractivity contribution in [2.75, 3.05) is 165 Å². The van der Waals surface area contributed by atoms with Gasteiger partial charge in [-0.05, 0) is 28.7 Å². The Bertz CT molecular complexity index is 1320. The minimum Gasteiger partial charge on any atom is -0.460 e. The van der Waals surface area contributed by atoms with Crippen LogP contribution in [0, 0.1) is 0 Å². The van der Waals surface area contributed by atoms with E-state index in [0.29, 0.717) is 165 Å². The van der Waals surface area contributed by atoms with Gasteiger partial charge in [0.25, 0.3) is 0 Å². The number of alkyl carbamates (subject to hydrolysis) is 1. The van der Waals surface area contributed by atoms with Gasteiger partial charge in [0.05, 0.1) is 139 Å². The molecule has 0 unspecified atom stereocenters. The molecule has 0 aromatic heterocycles. The van der Waals surface area contributed by atoms with Crippen LogP contribution in [0.4, 0.5) is 4.79 Å². The number of esters is 1. The summed E-state index contributed by atoms with van der Waals surface area (Å²) in [7, 11) is 0. The van der Waals surface area contributed by atoms with Crippen LogP contribution in [-0.2, 0) is 66.4 Å². The van der Waals surface area contributed by atoms with Crippen LogP contribution in [0.15, 0.2) is 61.2 Å². The van der Waals surface area contributed by atoms with Crippen LogP contribution in [0.2, 0.25) is 0 Å². The van der Waals surface area contributed by atoms with E-state index in [1.54, 1.807) is 0 Å². The molecule has 0 aliphatic heterocycles. The van der Waals surface area contributed by atoms with Crippen LogP contribution in [-0.4, -0.2) is 177 Å². The lowest BCUT2D eigenvalue weighted by Crippen LogP contribution is -2.27. The van der Waals surface area contributed by atoms with Gasteiger partial charge in [0.15, 0.2) is 0 Å². The molecule has 1 amide bonds. The Balaban J connectivity index is 0.926. The maximum atomic E-state index is 12.3. The number of carbonyl (C=O) groups is 2. The van der Waals surface area contributed by atoms with Crippen LogP contribution in [0.5, 0.6) is 0 Å². The lowest BCUT2D eigenvalue weighted by atomic mass is 9.98. The molecule has 1 aliphatic carbocycles. The van der Waals surface area contributed by atoms with Crippen LogP contribution in [0.25, 0.3) is 11.1 Å². The SMILES string of the molecule is C=CC(=O)OCCOCCOCCOCCOCCOCCOCCOCCOCCOCCOCCOCCCNC(=O)OCC1c2ccccc2-c2ccccc21. The summed E-state index contributed by atoms with van der Waals surface area (Å²) in [5.41, 5.74) is 4.79. The first kappa shape index (κ1) is 49.8. The summed E-state index contributed by atoms with van der Waals surface area (Å²) in [6.45, 7) is 14.6. The molecule has 332 valence electrons. The molecule has 0 atom stereocenters. The van der Waals surface area contributed by atoms with Gasteiger partial charge in [-0.25, -0.2) is 9.59 Å². The zero-order valence-electron chi connectivity index (χ0n) is 34.5. The molecule has 0 fully saturated rings. The summed E-state index contributed by atoms with van der Waals surface area (Å²) in [4.78, 5) is 23.1. The van der Waals surface area contributed by atoms with Gasteiger partial charge in [-0.15, -0.1) is 0 Å². The molecule has 16 heteroatoms. The molecule has 0 saturated heterocycles. The van der Waals surface area contributed by atoms with Crippen molar-refractivity contribution < 1.29 is 71.2 Å². The molecule has 0 radical (unpaired) electrons. The van der Waals surface area contributed by atoms with Gasteiger partial charge >= 0.3 is 12.1 Å². The molecule has 2 aromatic rings. The van der Waals surface area contributed by atoms with Crippen LogP contribution in [0.3, 0.4) is 0 Å². The highest BCUT2D eigenvalue weighted by Crippen LogP contribution is 2.44. The largest absolute Gasteiger partial charge is 0.460 e. The topological polar surface area (TPSA) is 166 Å². The van der Waals surface area contributed by atoms with Crippen molar-refractivity contribution in [3.8, 4) is 11.1 Å². The van der Waals surface area contributed by atoms with E-state index in [4.69, 9.17) is 61.6 Å². The molecule has 0 saturated carbocycles. The number of ether oxygens (including phenoxy) is 13.